The summed E-state index contributed by atoms with van der Waals surface area (Å²) in [6.07, 6.45) is 1.72. The molecule has 0 aliphatic heterocycles. The molecule has 2 aromatic rings. The smallest absolute Gasteiger partial charge is 0.335 e. The van der Waals surface area contributed by atoms with Gasteiger partial charge in [0.15, 0.2) is 0 Å². The first kappa shape index (κ1) is 8.13. The van der Waals surface area contributed by atoms with Crippen molar-refractivity contribution in [1.29, 1.82) is 0 Å². The monoisotopic (exact) mass is 195 g/mol. The minimum atomic E-state index is -0.968. The van der Waals surface area contributed by atoms with Crippen LogP contribution in [0.1, 0.15) is 10.4 Å². The van der Waals surface area contributed by atoms with Crippen molar-refractivity contribution in [1.82, 2.24) is 4.98 Å². The lowest BCUT2D eigenvalue weighted by Crippen LogP contribution is -1.95. The largest absolute Gasteiger partial charge is 0.478 e. The maximum absolute atomic E-state index is 10.6. The van der Waals surface area contributed by atoms with Gasteiger partial charge in [0.25, 0.3) is 0 Å². The van der Waals surface area contributed by atoms with E-state index < -0.39 is 5.97 Å². The number of carbonyl (C=O) groups is 1. The molecule has 2 N–H and O–H groups in total. The zero-order chi connectivity index (χ0) is 9.42. The number of halogens is 1. The molecule has 0 spiro atoms. The average Bonchev–Trinajstić information content (AvgIpc) is 2.51. The number of H-pyrrole nitrogens is 1. The Labute approximate surface area is 78.9 Å². The third-order valence-corrected chi connectivity index (χ3v) is 2.16. The number of carboxylic acids is 1. The van der Waals surface area contributed by atoms with Gasteiger partial charge in [0.1, 0.15) is 0 Å². The van der Waals surface area contributed by atoms with Crippen molar-refractivity contribution in [2.24, 2.45) is 0 Å². The van der Waals surface area contributed by atoms with E-state index in [4.69, 9.17) is 16.7 Å². The van der Waals surface area contributed by atoms with Crippen molar-refractivity contribution in [3.05, 3.63) is 35.0 Å². The Morgan fingerprint density at radius 2 is 2.23 bits per heavy atom. The van der Waals surface area contributed by atoms with E-state index in [1.807, 2.05) is 0 Å². The summed E-state index contributed by atoms with van der Waals surface area (Å²) >= 11 is 5.85. The van der Waals surface area contributed by atoms with Crippen LogP contribution in [0.4, 0.5) is 0 Å². The van der Waals surface area contributed by atoms with Gasteiger partial charge in [-0.05, 0) is 18.2 Å². The Morgan fingerprint density at radius 1 is 1.46 bits per heavy atom. The van der Waals surface area contributed by atoms with Gasteiger partial charge < -0.3 is 10.1 Å². The van der Waals surface area contributed by atoms with Crippen molar-refractivity contribution in [3.8, 4) is 0 Å². The van der Waals surface area contributed by atoms with Crippen LogP contribution in [0.2, 0.25) is 5.02 Å². The van der Waals surface area contributed by atoms with Crippen molar-refractivity contribution in [2.45, 2.75) is 0 Å². The minimum absolute atomic E-state index is 0.206. The second kappa shape index (κ2) is 2.78. The summed E-state index contributed by atoms with van der Waals surface area (Å²) < 4.78 is 0. The van der Waals surface area contributed by atoms with E-state index in [-0.39, 0.29) is 5.56 Å². The number of fused-ring (bicyclic) bond motifs is 1. The Kier molecular flexibility index (Phi) is 1.74. The lowest BCUT2D eigenvalue weighted by atomic mass is 10.1. The van der Waals surface area contributed by atoms with Gasteiger partial charge in [0.05, 0.1) is 16.1 Å². The summed E-state index contributed by atoms with van der Waals surface area (Å²) in [6, 6.07) is 4.80. The predicted octanol–water partition coefficient (Wildman–Crippen LogP) is 2.52. The number of hydrogen-bond acceptors (Lipinski definition) is 1. The zero-order valence-corrected chi connectivity index (χ0v) is 7.30. The van der Waals surface area contributed by atoms with Gasteiger partial charge in [-0.15, -0.1) is 0 Å². The van der Waals surface area contributed by atoms with Crippen LogP contribution in [0.25, 0.3) is 10.9 Å². The van der Waals surface area contributed by atoms with E-state index >= 15 is 0 Å². The van der Waals surface area contributed by atoms with Crippen LogP contribution in [0, 0.1) is 0 Å². The number of aromatic nitrogens is 1. The molecule has 0 fully saturated rings. The van der Waals surface area contributed by atoms with E-state index in [2.05, 4.69) is 4.98 Å². The van der Waals surface area contributed by atoms with Gasteiger partial charge >= 0.3 is 5.97 Å². The minimum Gasteiger partial charge on any atom is -0.478 e. The lowest BCUT2D eigenvalue weighted by molar-refractivity contribution is 0.0697. The normalized spacial score (nSPS) is 10.5. The van der Waals surface area contributed by atoms with Crippen LogP contribution in [0.15, 0.2) is 24.4 Å². The second-order valence-electron chi connectivity index (χ2n) is 2.71. The number of hydrogen-bond donors (Lipinski definition) is 2. The van der Waals surface area contributed by atoms with Crippen molar-refractivity contribution in [2.75, 3.05) is 0 Å². The molecule has 3 nitrogen and oxygen atoms in total. The van der Waals surface area contributed by atoms with Gasteiger partial charge in [0.2, 0.25) is 0 Å². The summed E-state index contributed by atoms with van der Waals surface area (Å²) in [5.41, 5.74) is 0.976. The fraction of sp³-hybridized carbons (Fsp3) is 0. The van der Waals surface area contributed by atoms with Crippen LogP contribution >= 0.6 is 11.6 Å². The first-order valence-electron chi connectivity index (χ1n) is 3.68. The molecule has 0 bridgehead atoms. The number of rotatable bonds is 1. The van der Waals surface area contributed by atoms with E-state index in [1.165, 1.54) is 6.07 Å². The fourth-order valence-corrected chi connectivity index (χ4v) is 1.53. The highest BCUT2D eigenvalue weighted by molar-refractivity contribution is 6.35. The molecule has 0 aliphatic rings. The van der Waals surface area contributed by atoms with E-state index in [9.17, 15) is 4.79 Å². The Balaban J connectivity index is 2.77. The van der Waals surface area contributed by atoms with Crippen molar-refractivity contribution >= 4 is 28.5 Å². The Bertz CT molecular complexity index is 475. The maximum atomic E-state index is 10.6. The van der Waals surface area contributed by atoms with Gasteiger partial charge in [0, 0.05) is 11.6 Å². The maximum Gasteiger partial charge on any atom is 0.335 e. The number of nitrogens with one attached hydrogen (secondary N) is 1. The van der Waals surface area contributed by atoms with Crippen LogP contribution < -0.4 is 0 Å². The standard InChI is InChI=1S/C9H6ClNO2/c10-7-4-6(9(12)13)3-5-1-2-11-8(5)7/h1-4,11H,(H,12,13). The molecule has 0 saturated heterocycles. The molecule has 0 unspecified atom stereocenters. The number of aromatic amines is 1. The fourth-order valence-electron chi connectivity index (χ4n) is 1.25. The molecule has 13 heavy (non-hydrogen) atoms. The van der Waals surface area contributed by atoms with Crippen LogP contribution in [0.5, 0.6) is 0 Å². The first-order valence-corrected chi connectivity index (χ1v) is 4.06. The van der Waals surface area contributed by atoms with Gasteiger partial charge in [-0.25, -0.2) is 4.79 Å². The predicted molar refractivity (Wildman–Crippen MR) is 50.3 cm³/mol. The van der Waals surface area contributed by atoms with Crippen LogP contribution in [-0.4, -0.2) is 16.1 Å². The topological polar surface area (TPSA) is 53.1 Å². The van der Waals surface area contributed by atoms with Gasteiger partial charge in [-0.1, -0.05) is 11.6 Å². The third-order valence-electron chi connectivity index (χ3n) is 1.86. The molecule has 0 aliphatic carbocycles. The molecule has 66 valence electrons. The van der Waals surface area contributed by atoms with Crippen molar-refractivity contribution < 1.29 is 9.90 Å². The van der Waals surface area contributed by atoms with E-state index in [0.29, 0.717) is 5.02 Å². The molecular weight excluding hydrogens is 190 g/mol. The molecule has 1 heterocycles. The molecule has 0 radical (unpaired) electrons. The van der Waals surface area contributed by atoms with Crippen LogP contribution in [-0.2, 0) is 0 Å². The zero-order valence-electron chi connectivity index (χ0n) is 6.54. The highest BCUT2D eigenvalue weighted by Gasteiger charge is 2.07. The van der Waals surface area contributed by atoms with E-state index in [0.717, 1.165) is 10.9 Å². The summed E-state index contributed by atoms with van der Waals surface area (Å²) in [7, 11) is 0. The van der Waals surface area contributed by atoms with Gasteiger partial charge in [-0.2, -0.15) is 0 Å². The molecular formula is C9H6ClNO2. The Hall–Kier alpha value is -1.48. The summed E-state index contributed by atoms with van der Waals surface area (Å²) in [6.45, 7) is 0. The van der Waals surface area contributed by atoms with Crippen molar-refractivity contribution in [3.63, 3.8) is 0 Å². The lowest BCUT2D eigenvalue weighted by Gasteiger charge is -1.97. The summed E-state index contributed by atoms with van der Waals surface area (Å²) in [5, 5.41) is 9.98. The molecule has 0 saturated carbocycles. The molecule has 1 aromatic carbocycles. The SMILES string of the molecule is O=C(O)c1cc(Cl)c2[nH]ccc2c1. The molecule has 1 aromatic heterocycles. The second-order valence-corrected chi connectivity index (χ2v) is 3.11. The number of benzene rings is 1. The molecule has 0 amide bonds. The third kappa shape index (κ3) is 1.27. The molecule has 2 rings (SSSR count). The number of aromatic carboxylic acids is 1. The average molecular weight is 196 g/mol. The molecule has 0 atom stereocenters. The summed E-state index contributed by atoms with van der Waals surface area (Å²) in [4.78, 5) is 13.6. The van der Waals surface area contributed by atoms with Crippen LogP contribution in [0.3, 0.4) is 0 Å². The molecule has 4 heteroatoms. The summed E-state index contributed by atoms with van der Waals surface area (Å²) in [5.74, 6) is -0.968. The highest BCUT2D eigenvalue weighted by atomic mass is 35.5. The Morgan fingerprint density at radius 3 is 2.92 bits per heavy atom. The quantitative estimate of drug-likeness (QED) is 0.735. The van der Waals surface area contributed by atoms with E-state index in [1.54, 1.807) is 18.3 Å². The number of carboxylic acid groups (broad SMARTS) is 1. The first-order chi connectivity index (χ1) is 6.18. The highest BCUT2D eigenvalue weighted by Crippen LogP contribution is 2.23. The van der Waals surface area contributed by atoms with Gasteiger partial charge in [-0.3, -0.25) is 0 Å².